The first-order valence-corrected chi connectivity index (χ1v) is 10.7. The van der Waals surface area contributed by atoms with Gasteiger partial charge in [-0.2, -0.15) is 4.31 Å². The number of nitrogens with one attached hydrogen (secondary N) is 1. The summed E-state index contributed by atoms with van der Waals surface area (Å²) in [5.74, 6) is 0.264. The molecule has 0 aliphatic carbocycles. The fourth-order valence-corrected chi connectivity index (χ4v) is 5.06. The zero-order valence-electron chi connectivity index (χ0n) is 16.1. The van der Waals surface area contributed by atoms with Crippen molar-refractivity contribution in [2.24, 2.45) is 5.92 Å². The number of hydrogen-bond donors (Lipinski definition) is 1. The van der Waals surface area contributed by atoms with Gasteiger partial charge in [-0.25, -0.2) is 8.42 Å². The molecular weight excluding hydrogens is 352 g/mol. The van der Waals surface area contributed by atoms with E-state index < -0.39 is 10.0 Å². The van der Waals surface area contributed by atoms with E-state index in [1.165, 1.54) is 11.4 Å². The minimum Gasteiger partial charge on any atom is -0.495 e. The second kappa shape index (κ2) is 8.86. The van der Waals surface area contributed by atoms with Crippen molar-refractivity contribution in [3.8, 4) is 5.75 Å². The average Bonchev–Trinajstić information content (AvgIpc) is 2.62. The summed E-state index contributed by atoms with van der Waals surface area (Å²) in [6.07, 6.45) is 3.05. The number of ether oxygens (including phenoxy) is 1. The predicted molar refractivity (Wildman–Crippen MR) is 102 cm³/mol. The second-order valence-electron chi connectivity index (χ2n) is 7.03. The van der Waals surface area contributed by atoms with Crippen LogP contribution >= 0.6 is 0 Å². The van der Waals surface area contributed by atoms with Crippen molar-refractivity contribution in [2.75, 3.05) is 20.2 Å². The molecule has 7 heteroatoms. The summed E-state index contributed by atoms with van der Waals surface area (Å²) < 4.78 is 32.7. The van der Waals surface area contributed by atoms with Crippen molar-refractivity contribution in [1.29, 1.82) is 0 Å². The molecule has 1 aliphatic rings. The molecule has 1 aromatic rings. The van der Waals surface area contributed by atoms with E-state index in [-0.39, 0.29) is 22.8 Å². The molecule has 0 saturated carbocycles. The highest BCUT2D eigenvalue weighted by Gasteiger charge is 2.33. The van der Waals surface area contributed by atoms with Gasteiger partial charge in [-0.1, -0.05) is 19.4 Å². The van der Waals surface area contributed by atoms with E-state index in [2.05, 4.69) is 12.2 Å². The summed E-state index contributed by atoms with van der Waals surface area (Å²) in [6, 6.07) is 5.30. The van der Waals surface area contributed by atoms with Crippen LogP contribution in [0.1, 0.15) is 45.1 Å². The zero-order chi connectivity index (χ0) is 19.3. The van der Waals surface area contributed by atoms with Gasteiger partial charge in [-0.3, -0.25) is 4.79 Å². The summed E-state index contributed by atoms with van der Waals surface area (Å²) in [5, 5.41) is 3.03. The molecule has 0 spiro atoms. The summed E-state index contributed by atoms with van der Waals surface area (Å²) in [4.78, 5) is 12.5. The molecule has 0 bridgehead atoms. The summed E-state index contributed by atoms with van der Waals surface area (Å²) in [6.45, 7) is 6.64. The molecule has 0 radical (unpaired) electrons. The van der Waals surface area contributed by atoms with Crippen LogP contribution in [0.3, 0.4) is 0 Å². The number of hydrogen-bond acceptors (Lipinski definition) is 4. The van der Waals surface area contributed by atoms with E-state index in [0.717, 1.165) is 18.4 Å². The standard InChI is InChI=1S/C19H30N2O4S/c1-5-6-15(3)20-19(22)16-9-11-21(12-10-16)26(23,24)18-13-14(2)7-8-17(18)25-4/h7-8,13,15-16H,5-6,9-12H2,1-4H3,(H,20,22)/t15-/m1/s1. The van der Waals surface area contributed by atoms with Gasteiger partial charge in [0.25, 0.3) is 0 Å². The van der Waals surface area contributed by atoms with Crippen LogP contribution in [-0.2, 0) is 14.8 Å². The Balaban J connectivity index is 2.05. The summed E-state index contributed by atoms with van der Waals surface area (Å²) in [5.41, 5.74) is 0.864. The molecular formula is C19H30N2O4S. The fraction of sp³-hybridized carbons (Fsp3) is 0.632. The molecule has 0 aromatic heterocycles. The number of rotatable bonds is 7. The highest BCUT2D eigenvalue weighted by atomic mass is 32.2. The number of carbonyl (C=O) groups excluding carboxylic acids is 1. The Morgan fingerprint density at radius 1 is 1.35 bits per heavy atom. The van der Waals surface area contributed by atoms with Crippen LogP contribution in [0.2, 0.25) is 0 Å². The van der Waals surface area contributed by atoms with E-state index in [1.54, 1.807) is 12.1 Å². The van der Waals surface area contributed by atoms with Gasteiger partial charge in [-0.15, -0.1) is 0 Å². The maximum absolute atomic E-state index is 13.0. The Morgan fingerprint density at radius 3 is 2.58 bits per heavy atom. The molecule has 1 aliphatic heterocycles. The third kappa shape index (κ3) is 4.76. The van der Waals surface area contributed by atoms with Crippen molar-refractivity contribution in [1.82, 2.24) is 9.62 Å². The van der Waals surface area contributed by atoms with Crippen LogP contribution < -0.4 is 10.1 Å². The summed E-state index contributed by atoms with van der Waals surface area (Å²) in [7, 11) is -2.16. The maximum atomic E-state index is 13.0. The lowest BCUT2D eigenvalue weighted by Crippen LogP contribution is -2.44. The molecule has 6 nitrogen and oxygen atoms in total. The normalized spacial score (nSPS) is 17.7. The molecule has 1 heterocycles. The number of aryl methyl sites for hydroxylation is 1. The Hall–Kier alpha value is -1.60. The minimum atomic E-state index is -3.63. The smallest absolute Gasteiger partial charge is 0.246 e. The van der Waals surface area contributed by atoms with Crippen LogP contribution in [0.5, 0.6) is 5.75 Å². The van der Waals surface area contributed by atoms with Crippen LogP contribution in [0, 0.1) is 12.8 Å². The van der Waals surface area contributed by atoms with Gasteiger partial charge >= 0.3 is 0 Å². The Morgan fingerprint density at radius 2 is 2.00 bits per heavy atom. The molecule has 1 amide bonds. The maximum Gasteiger partial charge on any atom is 0.246 e. The van der Waals surface area contributed by atoms with Crippen LogP contribution in [0.4, 0.5) is 0 Å². The lowest BCUT2D eigenvalue weighted by Gasteiger charge is -2.31. The number of carbonyl (C=O) groups is 1. The Labute approximate surface area is 157 Å². The number of sulfonamides is 1. The average molecular weight is 383 g/mol. The molecule has 1 N–H and O–H groups in total. The number of amides is 1. The molecule has 1 aromatic carbocycles. The first-order valence-electron chi connectivity index (χ1n) is 9.24. The van der Waals surface area contributed by atoms with E-state index in [9.17, 15) is 13.2 Å². The number of methoxy groups -OCH3 is 1. The van der Waals surface area contributed by atoms with Crippen LogP contribution in [-0.4, -0.2) is 44.9 Å². The number of piperidine rings is 1. The largest absolute Gasteiger partial charge is 0.495 e. The fourth-order valence-electron chi connectivity index (χ4n) is 3.35. The van der Waals surface area contributed by atoms with Crippen molar-refractivity contribution >= 4 is 15.9 Å². The lowest BCUT2D eigenvalue weighted by molar-refractivity contribution is -0.126. The van der Waals surface area contributed by atoms with Crippen molar-refractivity contribution in [3.05, 3.63) is 23.8 Å². The zero-order valence-corrected chi connectivity index (χ0v) is 16.9. The van der Waals surface area contributed by atoms with Crippen molar-refractivity contribution < 1.29 is 17.9 Å². The molecule has 2 rings (SSSR count). The predicted octanol–water partition coefficient (Wildman–Crippen LogP) is 2.71. The third-order valence-corrected chi connectivity index (χ3v) is 6.79. The van der Waals surface area contributed by atoms with E-state index >= 15 is 0 Å². The monoisotopic (exact) mass is 382 g/mol. The van der Waals surface area contributed by atoms with Gasteiger partial charge < -0.3 is 10.1 Å². The Bertz CT molecular complexity index is 725. The van der Waals surface area contributed by atoms with Gasteiger partial charge in [0.1, 0.15) is 10.6 Å². The second-order valence-corrected chi connectivity index (χ2v) is 8.94. The molecule has 146 valence electrons. The first kappa shape index (κ1) is 20.7. The van der Waals surface area contributed by atoms with Crippen LogP contribution in [0.15, 0.2) is 23.1 Å². The quantitative estimate of drug-likeness (QED) is 0.787. The first-order chi connectivity index (χ1) is 12.3. The van der Waals surface area contributed by atoms with Gasteiger partial charge in [0.15, 0.2) is 0 Å². The molecule has 1 saturated heterocycles. The number of benzene rings is 1. The van der Waals surface area contributed by atoms with E-state index in [4.69, 9.17) is 4.74 Å². The number of nitrogens with zero attached hydrogens (tertiary/aromatic N) is 1. The van der Waals surface area contributed by atoms with E-state index in [0.29, 0.717) is 31.7 Å². The van der Waals surface area contributed by atoms with Gasteiger partial charge in [0.05, 0.1) is 7.11 Å². The van der Waals surface area contributed by atoms with Crippen LogP contribution in [0.25, 0.3) is 0 Å². The highest BCUT2D eigenvalue weighted by molar-refractivity contribution is 7.89. The lowest BCUT2D eigenvalue weighted by atomic mass is 9.96. The molecule has 1 fully saturated rings. The van der Waals surface area contributed by atoms with E-state index in [1.807, 2.05) is 19.9 Å². The van der Waals surface area contributed by atoms with Gasteiger partial charge in [0.2, 0.25) is 15.9 Å². The highest BCUT2D eigenvalue weighted by Crippen LogP contribution is 2.30. The third-order valence-electron chi connectivity index (χ3n) is 4.87. The van der Waals surface area contributed by atoms with Crippen molar-refractivity contribution in [2.45, 2.75) is 57.4 Å². The summed E-state index contributed by atoms with van der Waals surface area (Å²) >= 11 is 0. The topological polar surface area (TPSA) is 75.7 Å². The molecule has 26 heavy (non-hydrogen) atoms. The molecule has 0 unspecified atom stereocenters. The molecule has 1 atom stereocenters. The minimum absolute atomic E-state index is 0.0381. The van der Waals surface area contributed by atoms with Gasteiger partial charge in [-0.05, 0) is 50.8 Å². The SMILES string of the molecule is CCC[C@@H](C)NC(=O)C1CCN(S(=O)(=O)c2cc(C)ccc2OC)CC1. The van der Waals surface area contributed by atoms with Gasteiger partial charge in [0, 0.05) is 25.0 Å². The Kier molecular flexibility index (Phi) is 7.06. The van der Waals surface area contributed by atoms with Crippen molar-refractivity contribution in [3.63, 3.8) is 0 Å².